The van der Waals surface area contributed by atoms with Gasteiger partial charge in [-0.1, -0.05) is 24.6 Å². The fourth-order valence-electron chi connectivity index (χ4n) is 1.60. The third kappa shape index (κ3) is 1.93. The fraction of sp³-hybridized carbons (Fsp3) is 0.455. The quantitative estimate of drug-likeness (QED) is 0.815. The summed E-state index contributed by atoms with van der Waals surface area (Å²) in [5, 5.41) is 10.0. The minimum Gasteiger partial charge on any atom is -0.388 e. The van der Waals surface area contributed by atoms with Crippen molar-refractivity contribution in [3.8, 4) is 0 Å². The molecule has 1 aromatic rings. The van der Waals surface area contributed by atoms with E-state index in [1.54, 1.807) is 12.1 Å². The van der Waals surface area contributed by atoms with Gasteiger partial charge in [0.15, 0.2) is 0 Å². The number of aliphatic hydroxyl groups is 1. The first-order chi connectivity index (χ1) is 6.96. The summed E-state index contributed by atoms with van der Waals surface area (Å²) in [6.07, 6.45) is 1.10. The van der Waals surface area contributed by atoms with Gasteiger partial charge in [0.25, 0.3) is 0 Å². The Bertz CT molecular complexity index is 404. The molecule has 4 heteroatoms. The molecule has 0 amide bonds. The van der Waals surface area contributed by atoms with Crippen LogP contribution in [0.3, 0.4) is 0 Å². The number of benzene rings is 1. The largest absolute Gasteiger partial charge is 0.388 e. The molecular formula is C11H11BrClFO. The van der Waals surface area contributed by atoms with Crippen molar-refractivity contribution in [1.29, 1.82) is 0 Å². The number of hydrogen-bond acceptors (Lipinski definition) is 1. The predicted octanol–water partition coefficient (Wildman–Crippen LogP) is 4.08. The molecule has 1 atom stereocenters. The highest BCUT2D eigenvalue weighted by Crippen LogP contribution is 2.55. The number of halogens is 3. The lowest BCUT2D eigenvalue weighted by Gasteiger charge is -2.19. The average molecular weight is 294 g/mol. The number of aliphatic hydroxyl groups excluding tert-OH is 1. The molecule has 0 aromatic heterocycles. The van der Waals surface area contributed by atoms with E-state index >= 15 is 0 Å². The summed E-state index contributed by atoms with van der Waals surface area (Å²) in [5.41, 5.74) is 0.126. The van der Waals surface area contributed by atoms with E-state index in [-0.39, 0.29) is 10.4 Å². The molecule has 0 heterocycles. The molecule has 0 spiro atoms. The van der Waals surface area contributed by atoms with E-state index in [1.807, 2.05) is 6.92 Å². The van der Waals surface area contributed by atoms with Crippen LogP contribution in [0.5, 0.6) is 0 Å². The molecule has 0 bridgehead atoms. The lowest BCUT2D eigenvalue weighted by atomic mass is 9.94. The van der Waals surface area contributed by atoms with Gasteiger partial charge in [0.2, 0.25) is 0 Å². The molecule has 2 rings (SSSR count). The van der Waals surface area contributed by atoms with E-state index in [0.717, 1.165) is 12.8 Å². The van der Waals surface area contributed by atoms with Crippen molar-refractivity contribution in [2.24, 2.45) is 5.41 Å². The van der Waals surface area contributed by atoms with Gasteiger partial charge < -0.3 is 5.11 Å². The SMILES string of the molecule is CC1(C(O)c2ccc(Br)c(Cl)c2F)CC1. The molecule has 1 N–H and O–H groups in total. The van der Waals surface area contributed by atoms with E-state index < -0.39 is 11.9 Å². The number of rotatable bonds is 2. The van der Waals surface area contributed by atoms with Crippen molar-refractivity contribution in [2.45, 2.75) is 25.9 Å². The van der Waals surface area contributed by atoms with Crippen molar-refractivity contribution in [3.05, 3.63) is 33.0 Å². The molecule has 0 saturated heterocycles. The van der Waals surface area contributed by atoms with Gasteiger partial charge in [-0.25, -0.2) is 4.39 Å². The molecular weight excluding hydrogens is 282 g/mol. The van der Waals surface area contributed by atoms with Crippen LogP contribution in [0.4, 0.5) is 4.39 Å². The zero-order chi connectivity index (χ0) is 11.2. The second kappa shape index (κ2) is 3.72. The third-order valence-electron chi connectivity index (χ3n) is 3.06. The standard InChI is InChI=1S/C11H11BrClFO/c1-11(4-5-11)10(15)6-2-3-7(12)8(13)9(6)14/h2-3,10,15H,4-5H2,1H3. The minimum atomic E-state index is -0.761. The molecule has 1 saturated carbocycles. The van der Waals surface area contributed by atoms with Gasteiger partial charge in [0.05, 0.1) is 11.1 Å². The van der Waals surface area contributed by atoms with E-state index in [2.05, 4.69) is 15.9 Å². The zero-order valence-corrected chi connectivity index (χ0v) is 10.6. The lowest BCUT2D eigenvalue weighted by molar-refractivity contribution is 0.0998. The van der Waals surface area contributed by atoms with Gasteiger partial charge in [-0.05, 0) is 40.3 Å². The maximum absolute atomic E-state index is 13.7. The monoisotopic (exact) mass is 292 g/mol. The molecule has 0 aliphatic heterocycles. The molecule has 1 fully saturated rings. The van der Waals surface area contributed by atoms with Crippen molar-refractivity contribution in [3.63, 3.8) is 0 Å². The molecule has 1 aliphatic rings. The molecule has 82 valence electrons. The summed E-state index contributed by atoms with van der Waals surface area (Å²) in [6, 6.07) is 3.25. The van der Waals surface area contributed by atoms with Gasteiger partial charge in [0.1, 0.15) is 5.82 Å². The Hall–Kier alpha value is -0.120. The summed E-state index contributed by atoms with van der Waals surface area (Å²) in [5.74, 6) is -0.522. The first-order valence-corrected chi connectivity index (χ1v) is 5.94. The van der Waals surface area contributed by atoms with Crippen molar-refractivity contribution in [1.82, 2.24) is 0 Å². The zero-order valence-electron chi connectivity index (χ0n) is 8.23. The third-order valence-corrected chi connectivity index (χ3v) is 4.32. The highest BCUT2D eigenvalue weighted by molar-refractivity contribution is 9.10. The van der Waals surface area contributed by atoms with Crippen LogP contribution in [0.1, 0.15) is 31.4 Å². The Morgan fingerprint density at radius 2 is 2.13 bits per heavy atom. The fourth-order valence-corrected chi connectivity index (χ4v) is 2.08. The summed E-state index contributed by atoms with van der Waals surface area (Å²) in [4.78, 5) is 0. The van der Waals surface area contributed by atoms with Crippen LogP contribution in [-0.4, -0.2) is 5.11 Å². The van der Waals surface area contributed by atoms with Crippen LogP contribution in [-0.2, 0) is 0 Å². The molecule has 1 aliphatic carbocycles. The first-order valence-electron chi connectivity index (χ1n) is 4.77. The van der Waals surface area contributed by atoms with Gasteiger partial charge in [-0.2, -0.15) is 0 Å². The van der Waals surface area contributed by atoms with Crippen LogP contribution in [0.15, 0.2) is 16.6 Å². The van der Waals surface area contributed by atoms with Gasteiger partial charge in [0, 0.05) is 10.0 Å². The van der Waals surface area contributed by atoms with Gasteiger partial charge in [-0.15, -0.1) is 0 Å². The van der Waals surface area contributed by atoms with Crippen LogP contribution in [0.2, 0.25) is 5.02 Å². The molecule has 1 unspecified atom stereocenters. The van der Waals surface area contributed by atoms with Crippen LogP contribution >= 0.6 is 27.5 Å². The van der Waals surface area contributed by atoms with Gasteiger partial charge >= 0.3 is 0 Å². The summed E-state index contributed by atoms with van der Waals surface area (Å²) >= 11 is 8.91. The Balaban J connectivity index is 2.41. The Morgan fingerprint density at radius 3 is 2.67 bits per heavy atom. The maximum Gasteiger partial charge on any atom is 0.148 e. The van der Waals surface area contributed by atoms with Gasteiger partial charge in [-0.3, -0.25) is 0 Å². The van der Waals surface area contributed by atoms with Crippen LogP contribution in [0.25, 0.3) is 0 Å². The maximum atomic E-state index is 13.7. The van der Waals surface area contributed by atoms with E-state index in [4.69, 9.17) is 11.6 Å². The first kappa shape index (κ1) is 11.4. The molecule has 15 heavy (non-hydrogen) atoms. The predicted molar refractivity (Wildman–Crippen MR) is 61.4 cm³/mol. The Morgan fingerprint density at radius 1 is 1.53 bits per heavy atom. The van der Waals surface area contributed by atoms with E-state index in [1.165, 1.54) is 0 Å². The average Bonchev–Trinajstić information content (AvgIpc) is 2.94. The molecule has 1 aromatic carbocycles. The summed E-state index contributed by atoms with van der Waals surface area (Å²) in [6.45, 7) is 1.95. The van der Waals surface area contributed by atoms with E-state index in [9.17, 15) is 9.50 Å². The second-order valence-electron chi connectivity index (χ2n) is 4.32. The van der Waals surface area contributed by atoms with Crippen molar-refractivity contribution < 1.29 is 9.50 Å². The van der Waals surface area contributed by atoms with Crippen LogP contribution in [0, 0.1) is 11.2 Å². The second-order valence-corrected chi connectivity index (χ2v) is 5.55. The number of hydrogen-bond donors (Lipinski definition) is 1. The van der Waals surface area contributed by atoms with E-state index in [0.29, 0.717) is 10.0 Å². The highest BCUT2D eigenvalue weighted by Gasteiger charge is 2.45. The Kier molecular flexibility index (Phi) is 2.82. The molecule has 0 radical (unpaired) electrons. The van der Waals surface area contributed by atoms with Crippen molar-refractivity contribution >= 4 is 27.5 Å². The summed E-state index contributed by atoms with van der Waals surface area (Å²) in [7, 11) is 0. The highest BCUT2D eigenvalue weighted by atomic mass is 79.9. The Labute approximate surface area is 101 Å². The smallest absolute Gasteiger partial charge is 0.148 e. The van der Waals surface area contributed by atoms with Crippen molar-refractivity contribution in [2.75, 3.05) is 0 Å². The minimum absolute atomic E-state index is 0.0378. The normalized spacial score (nSPS) is 20.1. The van der Waals surface area contributed by atoms with Crippen LogP contribution < -0.4 is 0 Å². The molecule has 1 nitrogen and oxygen atoms in total. The summed E-state index contributed by atoms with van der Waals surface area (Å²) < 4.78 is 14.3. The topological polar surface area (TPSA) is 20.2 Å². The lowest BCUT2D eigenvalue weighted by Crippen LogP contribution is -2.11.